The van der Waals surface area contributed by atoms with Crippen LogP contribution < -0.4 is 10.9 Å². The van der Waals surface area contributed by atoms with Crippen molar-refractivity contribution in [3.8, 4) is 0 Å². The average molecular weight is 339 g/mol. The third-order valence-corrected chi connectivity index (χ3v) is 6.20. The molecule has 1 aromatic carbocycles. The van der Waals surface area contributed by atoms with Crippen LogP contribution in [0.5, 0.6) is 0 Å². The van der Waals surface area contributed by atoms with Gasteiger partial charge in [0, 0.05) is 18.5 Å². The number of H-pyrrole nitrogens is 1. The third-order valence-electron chi connectivity index (χ3n) is 6.20. The van der Waals surface area contributed by atoms with E-state index < -0.39 is 0 Å². The molecule has 0 spiro atoms. The van der Waals surface area contributed by atoms with Gasteiger partial charge in [0.05, 0.1) is 17.1 Å². The van der Waals surface area contributed by atoms with E-state index in [9.17, 15) is 4.79 Å². The summed E-state index contributed by atoms with van der Waals surface area (Å²) in [6.07, 6.45) is 6.85. The number of carbonyl (C=O) groups excluding carboxylic acids is 1. The molecule has 3 heterocycles. The van der Waals surface area contributed by atoms with Crippen molar-refractivity contribution < 1.29 is 4.79 Å². The number of aromatic amines is 1. The first kappa shape index (κ1) is 15.3. The molecular weight excluding hydrogens is 314 g/mol. The Morgan fingerprint density at radius 1 is 1.08 bits per heavy atom. The first-order valence-corrected chi connectivity index (χ1v) is 9.57. The molecule has 3 N–H and O–H groups in total. The Hall–Kier alpha value is -1.92. The molecule has 2 saturated heterocycles. The number of likely N-dealkylation sites (tertiary alicyclic amines) is 1. The Balaban J connectivity index is 1.39. The van der Waals surface area contributed by atoms with E-state index in [-0.39, 0.29) is 18.0 Å². The van der Waals surface area contributed by atoms with Crippen molar-refractivity contribution in [1.29, 1.82) is 0 Å². The Morgan fingerprint density at radius 2 is 1.96 bits per heavy atom. The molecular formula is C19H25N5O. The Morgan fingerprint density at radius 3 is 2.88 bits per heavy atom. The average Bonchev–Trinajstić information content (AvgIpc) is 3.37. The summed E-state index contributed by atoms with van der Waals surface area (Å²) in [4.78, 5) is 23.5. The zero-order valence-electron chi connectivity index (χ0n) is 14.4. The van der Waals surface area contributed by atoms with Crippen LogP contribution >= 0.6 is 0 Å². The number of para-hydroxylation sites is 2. The van der Waals surface area contributed by atoms with Crippen molar-refractivity contribution in [2.75, 3.05) is 6.54 Å². The number of imidazole rings is 1. The fourth-order valence-electron chi connectivity index (χ4n) is 4.91. The largest absolute Gasteiger partial charge is 0.340 e. The van der Waals surface area contributed by atoms with Crippen molar-refractivity contribution >= 4 is 16.9 Å². The Kier molecular flexibility index (Phi) is 3.75. The highest BCUT2D eigenvalue weighted by atomic mass is 16.2. The standard InChI is InChI=1S/C19H25N5O/c25-19(17-12-6-1-2-7-13(12)22-23-17)24-11-5-10-16(24)18-20-14-8-3-4-9-15(14)21-18/h3-4,8-9,12-13,16-17,22-23H,1-2,5-7,10-11H2,(H,20,21). The molecule has 1 aliphatic carbocycles. The summed E-state index contributed by atoms with van der Waals surface area (Å²) >= 11 is 0. The first-order valence-electron chi connectivity index (χ1n) is 9.57. The van der Waals surface area contributed by atoms with Gasteiger partial charge in [-0.3, -0.25) is 10.2 Å². The van der Waals surface area contributed by atoms with Gasteiger partial charge in [-0.1, -0.05) is 25.0 Å². The summed E-state index contributed by atoms with van der Waals surface area (Å²) in [5, 5.41) is 0. The minimum atomic E-state index is -0.0877. The van der Waals surface area contributed by atoms with Gasteiger partial charge < -0.3 is 9.88 Å². The van der Waals surface area contributed by atoms with E-state index in [1.807, 2.05) is 29.2 Å². The number of nitrogens with zero attached hydrogens (tertiary/aromatic N) is 2. The Labute approximate surface area is 147 Å². The first-order chi connectivity index (χ1) is 12.3. The predicted octanol–water partition coefficient (Wildman–Crippen LogP) is 2.26. The zero-order valence-corrected chi connectivity index (χ0v) is 14.4. The molecule has 4 atom stereocenters. The molecule has 3 fully saturated rings. The maximum absolute atomic E-state index is 13.3. The number of hydrazine groups is 1. The Bertz CT molecular complexity index is 754. The van der Waals surface area contributed by atoms with E-state index in [0.717, 1.165) is 42.7 Å². The molecule has 2 aliphatic heterocycles. The van der Waals surface area contributed by atoms with Crippen LogP contribution in [-0.4, -0.2) is 39.4 Å². The summed E-state index contributed by atoms with van der Waals surface area (Å²) in [6, 6.07) is 8.52. The molecule has 25 heavy (non-hydrogen) atoms. The van der Waals surface area contributed by atoms with Gasteiger partial charge in [0.1, 0.15) is 11.9 Å². The van der Waals surface area contributed by atoms with Gasteiger partial charge >= 0.3 is 0 Å². The van der Waals surface area contributed by atoms with Gasteiger partial charge in [-0.2, -0.15) is 0 Å². The summed E-state index contributed by atoms with van der Waals surface area (Å²) in [5.74, 6) is 1.60. The highest BCUT2D eigenvalue weighted by Gasteiger charge is 2.45. The number of aromatic nitrogens is 2. The van der Waals surface area contributed by atoms with Crippen molar-refractivity contribution in [3.63, 3.8) is 0 Å². The number of carbonyl (C=O) groups is 1. The minimum Gasteiger partial charge on any atom is -0.340 e. The lowest BCUT2D eigenvalue weighted by atomic mass is 9.81. The fourth-order valence-corrected chi connectivity index (χ4v) is 4.91. The van der Waals surface area contributed by atoms with Gasteiger partial charge in [-0.05, 0) is 37.8 Å². The van der Waals surface area contributed by atoms with Gasteiger partial charge in [-0.15, -0.1) is 0 Å². The number of amides is 1. The molecule has 6 nitrogen and oxygen atoms in total. The molecule has 5 rings (SSSR count). The molecule has 0 bridgehead atoms. The second-order valence-electron chi connectivity index (χ2n) is 7.65. The second kappa shape index (κ2) is 6.11. The van der Waals surface area contributed by atoms with Gasteiger partial charge in [-0.25, -0.2) is 10.4 Å². The van der Waals surface area contributed by atoms with Crippen molar-refractivity contribution in [2.24, 2.45) is 5.92 Å². The van der Waals surface area contributed by atoms with Crippen LogP contribution in [0.25, 0.3) is 11.0 Å². The van der Waals surface area contributed by atoms with Gasteiger partial charge in [0.2, 0.25) is 5.91 Å². The van der Waals surface area contributed by atoms with E-state index in [1.54, 1.807) is 0 Å². The van der Waals surface area contributed by atoms with Crippen LogP contribution in [0.3, 0.4) is 0 Å². The van der Waals surface area contributed by atoms with Crippen LogP contribution in [0.4, 0.5) is 0 Å². The lowest BCUT2D eigenvalue weighted by Crippen LogP contribution is -2.47. The summed E-state index contributed by atoms with van der Waals surface area (Å²) in [7, 11) is 0. The molecule has 1 amide bonds. The van der Waals surface area contributed by atoms with Gasteiger partial charge in [0.15, 0.2) is 0 Å². The predicted molar refractivity (Wildman–Crippen MR) is 95.6 cm³/mol. The monoisotopic (exact) mass is 339 g/mol. The molecule has 1 aromatic heterocycles. The van der Waals surface area contributed by atoms with Crippen LogP contribution in [0.1, 0.15) is 50.4 Å². The van der Waals surface area contributed by atoms with Gasteiger partial charge in [0.25, 0.3) is 0 Å². The van der Waals surface area contributed by atoms with Crippen molar-refractivity contribution in [2.45, 2.75) is 56.7 Å². The number of fused-ring (bicyclic) bond motifs is 2. The summed E-state index contributed by atoms with van der Waals surface area (Å²) < 4.78 is 0. The molecule has 132 valence electrons. The van der Waals surface area contributed by atoms with Crippen LogP contribution in [0, 0.1) is 5.92 Å². The molecule has 2 aromatic rings. The van der Waals surface area contributed by atoms with E-state index in [0.29, 0.717) is 12.0 Å². The lowest BCUT2D eigenvalue weighted by Gasteiger charge is -2.31. The number of hydrogen-bond donors (Lipinski definition) is 3. The molecule has 3 aliphatic rings. The minimum absolute atomic E-state index is 0.0735. The second-order valence-corrected chi connectivity index (χ2v) is 7.65. The maximum Gasteiger partial charge on any atom is 0.242 e. The summed E-state index contributed by atoms with van der Waals surface area (Å²) in [5.41, 5.74) is 8.69. The SMILES string of the molecule is O=C(C1NNC2CCCCC21)N1CCCC1c1nc2ccccc2[nH]1. The zero-order chi connectivity index (χ0) is 16.8. The molecule has 6 heteroatoms. The number of hydrogen-bond acceptors (Lipinski definition) is 4. The van der Waals surface area contributed by atoms with E-state index in [1.165, 1.54) is 19.3 Å². The highest BCUT2D eigenvalue weighted by molar-refractivity contribution is 5.83. The van der Waals surface area contributed by atoms with Crippen LogP contribution in [0.15, 0.2) is 24.3 Å². The van der Waals surface area contributed by atoms with E-state index in [2.05, 4.69) is 15.8 Å². The molecule has 0 radical (unpaired) electrons. The molecule has 4 unspecified atom stereocenters. The van der Waals surface area contributed by atoms with Crippen molar-refractivity contribution in [1.82, 2.24) is 25.7 Å². The quantitative estimate of drug-likeness (QED) is 0.785. The topological polar surface area (TPSA) is 73.1 Å². The smallest absolute Gasteiger partial charge is 0.242 e. The normalized spacial score (nSPS) is 32.2. The van der Waals surface area contributed by atoms with Crippen molar-refractivity contribution in [3.05, 3.63) is 30.1 Å². The maximum atomic E-state index is 13.3. The lowest BCUT2D eigenvalue weighted by molar-refractivity contribution is -0.135. The van der Waals surface area contributed by atoms with Crippen LogP contribution in [-0.2, 0) is 4.79 Å². The fraction of sp³-hybridized carbons (Fsp3) is 0.579. The van der Waals surface area contributed by atoms with E-state index in [4.69, 9.17) is 4.98 Å². The van der Waals surface area contributed by atoms with E-state index >= 15 is 0 Å². The number of benzene rings is 1. The van der Waals surface area contributed by atoms with Crippen LogP contribution in [0.2, 0.25) is 0 Å². The highest BCUT2D eigenvalue weighted by Crippen LogP contribution is 2.36. The summed E-state index contributed by atoms with van der Waals surface area (Å²) in [6.45, 7) is 0.829. The number of nitrogens with one attached hydrogen (secondary N) is 3. The molecule has 1 saturated carbocycles. The third kappa shape index (κ3) is 2.55. The number of rotatable bonds is 2.